The summed E-state index contributed by atoms with van der Waals surface area (Å²) in [5.74, 6) is 0.971. The standard InChI is InChI=1S/C16H30N2/c1-13(2)17-10-6-16(7-11-17)12-15(16)18-8-4-14(3)5-9-18/h13-15H,4-12H2,1-3H3. The van der Waals surface area contributed by atoms with E-state index < -0.39 is 0 Å². The summed E-state index contributed by atoms with van der Waals surface area (Å²) in [6.07, 6.45) is 7.30. The summed E-state index contributed by atoms with van der Waals surface area (Å²) in [7, 11) is 0. The zero-order valence-corrected chi connectivity index (χ0v) is 12.5. The molecule has 0 aromatic carbocycles. The Morgan fingerprint density at radius 2 is 1.61 bits per heavy atom. The molecule has 1 spiro atoms. The predicted molar refractivity (Wildman–Crippen MR) is 76.8 cm³/mol. The number of piperidine rings is 2. The Morgan fingerprint density at radius 3 is 2.17 bits per heavy atom. The summed E-state index contributed by atoms with van der Waals surface area (Å²) in [6, 6.07) is 1.70. The molecule has 2 aliphatic heterocycles. The number of likely N-dealkylation sites (tertiary alicyclic amines) is 2. The van der Waals surface area contributed by atoms with Gasteiger partial charge in [0.25, 0.3) is 0 Å². The normalized spacial score (nSPS) is 34.3. The second kappa shape index (κ2) is 4.79. The third-order valence-electron chi connectivity index (χ3n) is 5.93. The van der Waals surface area contributed by atoms with Crippen molar-refractivity contribution in [1.82, 2.24) is 9.80 Å². The minimum absolute atomic E-state index is 0.742. The van der Waals surface area contributed by atoms with Gasteiger partial charge in [-0.3, -0.25) is 4.90 Å². The summed E-state index contributed by atoms with van der Waals surface area (Å²) < 4.78 is 0. The van der Waals surface area contributed by atoms with E-state index in [2.05, 4.69) is 30.6 Å². The Morgan fingerprint density at radius 1 is 1.00 bits per heavy atom. The molecule has 1 aliphatic carbocycles. The molecule has 3 fully saturated rings. The predicted octanol–water partition coefficient (Wildman–Crippen LogP) is 2.98. The van der Waals surface area contributed by atoms with Gasteiger partial charge in [0.05, 0.1) is 0 Å². The lowest BCUT2D eigenvalue weighted by Crippen LogP contribution is -2.43. The fourth-order valence-corrected chi connectivity index (χ4v) is 4.21. The first-order valence-electron chi connectivity index (χ1n) is 8.09. The SMILES string of the molecule is CC1CCN(C2CC23CCN(C(C)C)CC3)CC1. The molecular weight excluding hydrogens is 220 g/mol. The van der Waals surface area contributed by atoms with Gasteiger partial charge in [-0.25, -0.2) is 0 Å². The topological polar surface area (TPSA) is 6.48 Å². The zero-order chi connectivity index (χ0) is 12.8. The summed E-state index contributed by atoms with van der Waals surface area (Å²) in [6.45, 7) is 12.5. The van der Waals surface area contributed by atoms with Crippen LogP contribution >= 0.6 is 0 Å². The molecule has 3 rings (SSSR count). The lowest BCUT2D eigenvalue weighted by molar-refractivity contribution is 0.103. The second-order valence-electron chi connectivity index (χ2n) is 7.43. The number of hydrogen-bond acceptors (Lipinski definition) is 2. The number of hydrogen-bond donors (Lipinski definition) is 0. The quantitative estimate of drug-likeness (QED) is 0.743. The molecular formula is C16H30N2. The van der Waals surface area contributed by atoms with E-state index in [9.17, 15) is 0 Å². The maximum Gasteiger partial charge on any atom is 0.0159 e. The molecule has 2 saturated heterocycles. The number of nitrogens with zero attached hydrogens (tertiary/aromatic N) is 2. The number of rotatable bonds is 2. The van der Waals surface area contributed by atoms with Crippen LogP contribution in [-0.4, -0.2) is 48.1 Å². The van der Waals surface area contributed by atoms with Crippen molar-refractivity contribution in [3.63, 3.8) is 0 Å². The average Bonchev–Trinajstić information content (AvgIpc) is 3.04. The van der Waals surface area contributed by atoms with E-state index in [1.54, 1.807) is 0 Å². The monoisotopic (exact) mass is 250 g/mol. The van der Waals surface area contributed by atoms with Gasteiger partial charge in [-0.05, 0) is 83.5 Å². The highest BCUT2D eigenvalue weighted by Gasteiger charge is 2.57. The van der Waals surface area contributed by atoms with Crippen molar-refractivity contribution in [1.29, 1.82) is 0 Å². The molecule has 2 nitrogen and oxygen atoms in total. The van der Waals surface area contributed by atoms with Crippen molar-refractivity contribution in [2.75, 3.05) is 26.2 Å². The van der Waals surface area contributed by atoms with Crippen molar-refractivity contribution in [3.8, 4) is 0 Å². The summed E-state index contributed by atoms with van der Waals surface area (Å²) >= 11 is 0. The lowest BCUT2D eigenvalue weighted by atomic mass is 9.90. The fourth-order valence-electron chi connectivity index (χ4n) is 4.21. The second-order valence-corrected chi connectivity index (χ2v) is 7.43. The molecule has 2 heterocycles. The van der Waals surface area contributed by atoms with Crippen LogP contribution in [0.2, 0.25) is 0 Å². The molecule has 18 heavy (non-hydrogen) atoms. The van der Waals surface area contributed by atoms with Gasteiger partial charge in [-0.1, -0.05) is 6.92 Å². The minimum Gasteiger partial charge on any atom is -0.301 e. The van der Waals surface area contributed by atoms with E-state index in [1.807, 2.05) is 0 Å². The average molecular weight is 250 g/mol. The molecule has 0 N–H and O–H groups in total. The van der Waals surface area contributed by atoms with Gasteiger partial charge in [-0.2, -0.15) is 0 Å². The van der Waals surface area contributed by atoms with E-state index in [0.717, 1.165) is 23.4 Å². The van der Waals surface area contributed by atoms with Crippen molar-refractivity contribution < 1.29 is 0 Å². The Labute approximate surface area is 113 Å². The van der Waals surface area contributed by atoms with Crippen molar-refractivity contribution in [2.45, 2.75) is 65.0 Å². The van der Waals surface area contributed by atoms with Gasteiger partial charge in [-0.15, -0.1) is 0 Å². The molecule has 0 radical (unpaired) electrons. The highest BCUT2D eigenvalue weighted by Crippen LogP contribution is 2.57. The van der Waals surface area contributed by atoms with E-state index in [-0.39, 0.29) is 0 Å². The Balaban J connectivity index is 1.51. The molecule has 3 aliphatic rings. The first-order valence-corrected chi connectivity index (χ1v) is 8.09. The van der Waals surface area contributed by atoms with Crippen LogP contribution < -0.4 is 0 Å². The molecule has 2 heteroatoms. The van der Waals surface area contributed by atoms with E-state index in [1.165, 1.54) is 58.3 Å². The van der Waals surface area contributed by atoms with Crippen molar-refractivity contribution >= 4 is 0 Å². The minimum atomic E-state index is 0.742. The molecule has 1 unspecified atom stereocenters. The van der Waals surface area contributed by atoms with Crippen molar-refractivity contribution in [2.24, 2.45) is 11.3 Å². The smallest absolute Gasteiger partial charge is 0.0159 e. The maximum absolute atomic E-state index is 2.82. The molecule has 0 aromatic rings. The molecule has 0 bridgehead atoms. The van der Waals surface area contributed by atoms with Gasteiger partial charge in [0.2, 0.25) is 0 Å². The van der Waals surface area contributed by atoms with Crippen LogP contribution in [0.1, 0.15) is 52.9 Å². The lowest BCUT2D eigenvalue weighted by Gasteiger charge is -2.38. The summed E-state index contributed by atoms with van der Waals surface area (Å²) in [4.78, 5) is 5.49. The van der Waals surface area contributed by atoms with Crippen LogP contribution in [0.4, 0.5) is 0 Å². The van der Waals surface area contributed by atoms with Gasteiger partial charge in [0.15, 0.2) is 0 Å². The zero-order valence-electron chi connectivity index (χ0n) is 12.5. The molecule has 0 aromatic heterocycles. The van der Waals surface area contributed by atoms with Crippen LogP contribution in [0.15, 0.2) is 0 Å². The van der Waals surface area contributed by atoms with Gasteiger partial charge in [0.1, 0.15) is 0 Å². The largest absolute Gasteiger partial charge is 0.301 e. The van der Waals surface area contributed by atoms with Gasteiger partial charge in [0, 0.05) is 12.1 Å². The van der Waals surface area contributed by atoms with E-state index >= 15 is 0 Å². The molecule has 1 saturated carbocycles. The third kappa shape index (κ3) is 2.34. The summed E-state index contributed by atoms with van der Waals surface area (Å²) in [5.41, 5.74) is 0.742. The molecule has 104 valence electrons. The fraction of sp³-hybridized carbons (Fsp3) is 1.00. The van der Waals surface area contributed by atoms with Gasteiger partial charge < -0.3 is 4.90 Å². The highest BCUT2D eigenvalue weighted by molar-refractivity contribution is 5.11. The van der Waals surface area contributed by atoms with E-state index in [4.69, 9.17) is 0 Å². The van der Waals surface area contributed by atoms with Gasteiger partial charge >= 0.3 is 0 Å². The van der Waals surface area contributed by atoms with Crippen LogP contribution in [0.3, 0.4) is 0 Å². The molecule has 1 atom stereocenters. The first kappa shape index (κ1) is 12.9. The van der Waals surface area contributed by atoms with Crippen LogP contribution in [0.5, 0.6) is 0 Å². The van der Waals surface area contributed by atoms with Crippen LogP contribution in [0.25, 0.3) is 0 Å². The van der Waals surface area contributed by atoms with Crippen LogP contribution in [0, 0.1) is 11.3 Å². The third-order valence-corrected chi connectivity index (χ3v) is 5.93. The van der Waals surface area contributed by atoms with E-state index in [0.29, 0.717) is 0 Å². The van der Waals surface area contributed by atoms with Crippen LogP contribution in [-0.2, 0) is 0 Å². The van der Waals surface area contributed by atoms with Crippen molar-refractivity contribution in [3.05, 3.63) is 0 Å². The molecule has 0 amide bonds. The Hall–Kier alpha value is -0.0800. The Kier molecular flexibility index (Phi) is 3.44. The Bertz CT molecular complexity index is 283. The maximum atomic E-state index is 2.82. The first-order chi connectivity index (χ1) is 8.61. The summed E-state index contributed by atoms with van der Waals surface area (Å²) in [5, 5.41) is 0. The highest BCUT2D eigenvalue weighted by atomic mass is 15.2.